The minimum Gasteiger partial charge on any atom is -0.423 e. The zero-order chi connectivity index (χ0) is 52.3. The number of thiophene rings is 2. The number of hydrogen-bond donors (Lipinski definition) is 2. The van der Waals surface area contributed by atoms with Crippen molar-refractivity contribution in [3.05, 3.63) is 248 Å². The van der Waals surface area contributed by atoms with E-state index in [2.05, 4.69) is 192 Å². The predicted molar refractivity (Wildman–Crippen MR) is 332 cm³/mol. The van der Waals surface area contributed by atoms with Crippen LogP contribution in [0.2, 0.25) is 5.15 Å². The van der Waals surface area contributed by atoms with Crippen LogP contribution in [0.15, 0.2) is 243 Å². The maximum absolute atomic E-state index is 9.33. The molecule has 16 rings (SSSR count). The molecule has 78 heavy (non-hydrogen) atoms. The SMILES string of the molecule is Clc1cnc2c3ccccc3c3ccccc3c2n1.OB(O)c1cccc(-c2ccc3sc4ccccc4c3c2)c1.c1cc(-c2ccc3sc4ccccc4c3c2)cc(-c2cnc3c4ccccc4c4ccccc4c3n2)c1. The van der Waals surface area contributed by atoms with Gasteiger partial charge in [-0.25, -0.2) is 9.97 Å². The molecule has 0 atom stereocenters. The Morgan fingerprint density at radius 2 is 0.692 bits per heavy atom. The van der Waals surface area contributed by atoms with Crippen LogP contribution in [0.4, 0.5) is 0 Å². The van der Waals surface area contributed by atoms with Gasteiger partial charge >= 0.3 is 7.12 Å². The van der Waals surface area contributed by atoms with Gasteiger partial charge in [0, 0.05) is 67.5 Å². The highest BCUT2D eigenvalue weighted by Gasteiger charge is 2.16. The third-order valence-corrected chi connectivity index (χ3v) is 17.1. The molecule has 0 fully saturated rings. The Kier molecular flexibility index (Phi) is 12.1. The standard InChI is InChI=1S/C34H20N2S.C18H13BO2S.C16H9ClN2/c1-3-13-27-24(10-1)25-11-2-4-14-28(25)34-33(27)35-20-30(36-34)23-9-7-8-21(18-23)22-16-17-32-29(19-22)26-12-5-6-15-31(26)37-32;20-19(21)14-5-3-4-12(10-14)13-8-9-18-16(11-13)15-6-1-2-7-17(15)22-18;17-14-9-18-15-12-7-3-1-5-10(12)11-6-2-4-8-13(11)16(15)19-14/h1-20H;1-11,20-21H;1-9H. The van der Waals surface area contributed by atoms with Crippen LogP contribution in [0.25, 0.3) is 139 Å². The first-order chi connectivity index (χ1) is 38.4. The summed E-state index contributed by atoms with van der Waals surface area (Å²) in [6, 6.07) is 79.7. The van der Waals surface area contributed by atoms with Gasteiger partial charge in [-0.3, -0.25) is 9.97 Å². The molecule has 10 heteroatoms. The van der Waals surface area contributed by atoms with Crippen molar-refractivity contribution < 1.29 is 10.0 Å². The molecule has 0 spiro atoms. The van der Waals surface area contributed by atoms with E-state index >= 15 is 0 Å². The fraction of sp³-hybridized carbons (Fsp3) is 0. The number of aromatic nitrogens is 4. The fourth-order valence-corrected chi connectivity index (χ4v) is 13.2. The van der Waals surface area contributed by atoms with Crippen molar-refractivity contribution in [1.29, 1.82) is 0 Å². The second kappa shape index (κ2) is 19.9. The zero-order valence-electron chi connectivity index (χ0n) is 41.5. The van der Waals surface area contributed by atoms with E-state index < -0.39 is 7.12 Å². The average molecular weight is 1060 g/mol. The summed E-state index contributed by atoms with van der Waals surface area (Å²) in [6.45, 7) is 0. The van der Waals surface area contributed by atoms with Crippen LogP contribution in [0, 0.1) is 0 Å². The van der Waals surface area contributed by atoms with E-state index in [1.807, 2.05) is 60.0 Å². The molecule has 0 aliphatic rings. The molecular weight excluding hydrogens is 1020 g/mol. The van der Waals surface area contributed by atoms with Crippen LogP contribution in [0.5, 0.6) is 0 Å². The summed E-state index contributed by atoms with van der Waals surface area (Å²) < 4.78 is 5.20. The number of nitrogens with zero attached hydrogens (tertiary/aromatic N) is 4. The smallest absolute Gasteiger partial charge is 0.423 e. The number of fused-ring (bicyclic) bond motifs is 18. The Morgan fingerprint density at radius 3 is 1.21 bits per heavy atom. The van der Waals surface area contributed by atoms with Gasteiger partial charge in [0.25, 0.3) is 0 Å². The highest BCUT2D eigenvalue weighted by atomic mass is 35.5. The van der Waals surface area contributed by atoms with Gasteiger partial charge in [-0.15, -0.1) is 22.7 Å². The third-order valence-electron chi connectivity index (χ3n) is 14.6. The lowest BCUT2D eigenvalue weighted by atomic mass is 9.79. The lowest BCUT2D eigenvalue weighted by molar-refractivity contribution is 0.426. The van der Waals surface area contributed by atoms with Gasteiger partial charge < -0.3 is 10.0 Å². The maximum Gasteiger partial charge on any atom is 0.488 e. The van der Waals surface area contributed by atoms with Gasteiger partial charge in [0.2, 0.25) is 0 Å². The lowest BCUT2D eigenvalue weighted by Gasteiger charge is -2.11. The molecule has 4 heterocycles. The molecule has 0 amide bonds. The van der Waals surface area contributed by atoms with Crippen LogP contribution in [0.1, 0.15) is 0 Å². The number of benzene rings is 12. The largest absolute Gasteiger partial charge is 0.488 e. The van der Waals surface area contributed by atoms with E-state index in [0.29, 0.717) is 10.6 Å². The molecule has 0 aliphatic heterocycles. The van der Waals surface area contributed by atoms with Gasteiger partial charge in [0.05, 0.1) is 40.2 Å². The molecule has 4 aromatic heterocycles. The second-order valence-electron chi connectivity index (χ2n) is 19.2. The maximum atomic E-state index is 9.33. The molecular formula is C68H42BClN4O2S2. The van der Waals surface area contributed by atoms with Crippen molar-refractivity contribution in [3.8, 4) is 33.5 Å². The zero-order valence-corrected chi connectivity index (χ0v) is 43.9. The fourth-order valence-electron chi connectivity index (χ4n) is 10.9. The average Bonchev–Trinajstić information content (AvgIpc) is 4.21. The van der Waals surface area contributed by atoms with Crippen LogP contribution in [-0.2, 0) is 0 Å². The van der Waals surface area contributed by atoms with Crippen LogP contribution < -0.4 is 5.46 Å². The quantitative estimate of drug-likeness (QED) is 0.135. The van der Waals surface area contributed by atoms with E-state index in [0.717, 1.165) is 66.0 Å². The Morgan fingerprint density at radius 1 is 0.308 bits per heavy atom. The molecule has 0 aliphatic carbocycles. The van der Waals surface area contributed by atoms with Crippen molar-refractivity contribution in [2.45, 2.75) is 0 Å². The topological polar surface area (TPSA) is 92.0 Å². The van der Waals surface area contributed by atoms with Gasteiger partial charge in [0.1, 0.15) is 5.15 Å². The van der Waals surface area contributed by atoms with E-state index in [-0.39, 0.29) is 0 Å². The van der Waals surface area contributed by atoms with E-state index in [4.69, 9.17) is 21.6 Å². The highest BCUT2D eigenvalue weighted by Crippen LogP contribution is 2.40. The number of halogens is 1. The van der Waals surface area contributed by atoms with E-state index in [9.17, 15) is 10.0 Å². The summed E-state index contributed by atoms with van der Waals surface area (Å²) in [7, 11) is -1.44. The van der Waals surface area contributed by atoms with E-state index in [1.165, 1.54) is 73.0 Å². The molecule has 12 aromatic carbocycles. The summed E-state index contributed by atoms with van der Waals surface area (Å²) >= 11 is 9.64. The number of rotatable bonds is 4. The van der Waals surface area contributed by atoms with Gasteiger partial charge in [0.15, 0.2) is 0 Å². The molecule has 6 nitrogen and oxygen atoms in total. The Balaban J connectivity index is 0.000000115. The van der Waals surface area contributed by atoms with Gasteiger partial charge in [-0.1, -0.05) is 200 Å². The minimum absolute atomic E-state index is 0.424. The molecule has 0 saturated heterocycles. The Hall–Kier alpha value is -8.93. The summed E-state index contributed by atoms with van der Waals surface area (Å²) in [5.41, 5.74) is 10.6. The highest BCUT2D eigenvalue weighted by molar-refractivity contribution is 7.26. The monoisotopic (exact) mass is 1060 g/mol. The van der Waals surface area contributed by atoms with Crippen molar-refractivity contribution in [2.75, 3.05) is 0 Å². The summed E-state index contributed by atoms with van der Waals surface area (Å²) in [6.07, 6.45) is 3.52. The van der Waals surface area contributed by atoms with Crippen molar-refractivity contribution >= 4 is 152 Å². The van der Waals surface area contributed by atoms with Gasteiger partial charge in [-0.2, -0.15) is 0 Å². The summed E-state index contributed by atoms with van der Waals surface area (Å²) in [4.78, 5) is 19.0. The normalized spacial score (nSPS) is 11.5. The first-order valence-corrected chi connectivity index (χ1v) is 27.6. The molecule has 0 radical (unpaired) electrons. The van der Waals surface area contributed by atoms with Crippen LogP contribution in [0.3, 0.4) is 0 Å². The molecule has 0 unspecified atom stereocenters. The first kappa shape index (κ1) is 47.5. The van der Waals surface area contributed by atoms with Crippen LogP contribution in [-0.4, -0.2) is 37.1 Å². The molecule has 0 bridgehead atoms. The summed E-state index contributed by atoms with van der Waals surface area (Å²) in [5.74, 6) is 0. The van der Waals surface area contributed by atoms with Crippen molar-refractivity contribution in [3.63, 3.8) is 0 Å². The van der Waals surface area contributed by atoms with Gasteiger partial charge in [-0.05, 0) is 91.7 Å². The lowest BCUT2D eigenvalue weighted by Crippen LogP contribution is -2.29. The molecule has 16 aromatic rings. The first-order valence-electron chi connectivity index (χ1n) is 25.6. The Bertz CT molecular complexity index is 4950. The predicted octanol–water partition coefficient (Wildman–Crippen LogP) is 17.6. The third kappa shape index (κ3) is 8.55. The molecule has 0 saturated carbocycles. The van der Waals surface area contributed by atoms with Crippen LogP contribution >= 0.6 is 34.3 Å². The number of hydrogen-bond acceptors (Lipinski definition) is 8. The van der Waals surface area contributed by atoms with E-state index in [1.54, 1.807) is 23.6 Å². The van der Waals surface area contributed by atoms with Crippen molar-refractivity contribution in [2.24, 2.45) is 0 Å². The summed E-state index contributed by atoms with van der Waals surface area (Å²) in [5, 5.41) is 33.5. The van der Waals surface area contributed by atoms with Crippen molar-refractivity contribution in [1.82, 2.24) is 19.9 Å². The Labute approximate surface area is 460 Å². The minimum atomic E-state index is -1.44. The molecule has 2 N–H and O–H groups in total. The second-order valence-corrected chi connectivity index (χ2v) is 21.8. The molecule has 368 valence electrons.